The number of benzene rings is 2. The summed E-state index contributed by atoms with van der Waals surface area (Å²) in [6, 6.07) is 19.2. The summed E-state index contributed by atoms with van der Waals surface area (Å²) in [5.41, 5.74) is 2.63. The predicted octanol–water partition coefficient (Wildman–Crippen LogP) is 3.98. The highest BCUT2D eigenvalue weighted by Gasteiger charge is 2.24. The molecule has 1 heterocycles. The molecule has 0 bridgehead atoms. The molecule has 2 aromatic carbocycles. The van der Waals surface area contributed by atoms with Gasteiger partial charge in [-0.3, -0.25) is 9.59 Å². The highest BCUT2D eigenvalue weighted by molar-refractivity contribution is 6.03. The minimum Gasteiger partial charge on any atom is -0.352 e. The molecule has 3 aromatic rings. The molecule has 1 amide bonds. The second-order valence-electron chi connectivity index (χ2n) is 7.06. The fraction of sp³-hybridized carbons (Fsp3) is 0.261. The summed E-state index contributed by atoms with van der Waals surface area (Å²) >= 11 is 0. The number of nitrogens with zero attached hydrogens (tertiary/aromatic N) is 2. The second-order valence-corrected chi connectivity index (χ2v) is 7.06. The maximum Gasteiger partial charge on any atom is 0.280 e. The number of carbonyl (C=O) groups excluding carboxylic acids is 1. The van der Waals surface area contributed by atoms with Gasteiger partial charge >= 0.3 is 0 Å². The molecule has 1 aromatic heterocycles. The molecule has 3 rings (SSSR count). The van der Waals surface area contributed by atoms with E-state index in [-0.39, 0.29) is 22.9 Å². The molecule has 144 valence electrons. The molecule has 0 atom stereocenters. The monoisotopic (exact) mass is 375 g/mol. The first-order valence-corrected chi connectivity index (χ1v) is 9.57. The number of aryl methyl sites for hydroxylation is 1. The van der Waals surface area contributed by atoms with E-state index in [0.29, 0.717) is 24.3 Å². The molecular formula is C23H25N3O2. The molecule has 0 saturated carbocycles. The highest BCUT2D eigenvalue weighted by Crippen LogP contribution is 2.31. The van der Waals surface area contributed by atoms with Crippen LogP contribution in [0.4, 0.5) is 0 Å². The summed E-state index contributed by atoms with van der Waals surface area (Å²) < 4.78 is 1.36. The van der Waals surface area contributed by atoms with Gasteiger partial charge in [0, 0.05) is 24.2 Å². The average molecular weight is 375 g/mol. The van der Waals surface area contributed by atoms with Crippen molar-refractivity contribution in [2.45, 2.75) is 27.3 Å². The number of carbonyl (C=O) groups is 1. The summed E-state index contributed by atoms with van der Waals surface area (Å²) in [4.78, 5) is 26.2. The van der Waals surface area contributed by atoms with Crippen molar-refractivity contribution in [3.8, 4) is 22.4 Å². The SMILES string of the molecule is CCn1nc(-c2ccccc2)c(-c2ccccc2)c(C(=O)NCC(C)C)c1=O. The van der Waals surface area contributed by atoms with Crippen LogP contribution >= 0.6 is 0 Å². The molecule has 0 saturated heterocycles. The Balaban J connectivity index is 2.32. The maximum absolute atomic E-state index is 13.1. The number of aromatic nitrogens is 2. The van der Waals surface area contributed by atoms with E-state index in [1.54, 1.807) is 0 Å². The molecule has 0 spiro atoms. The lowest BCUT2D eigenvalue weighted by Gasteiger charge is -2.17. The van der Waals surface area contributed by atoms with Crippen LogP contribution in [0.5, 0.6) is 0 Å². The standard InChI is InChI=1S/C23H25N3O2/c1-4-26-23(28)20(22(27)24-15-16(2)3)19(17-11-7-5-8-12-17)21(25-26)18-13-9-6-10-14-18/h5-14,16H,4,15H2,1-3H3,(H,24,27). The number of rotatable bonds is 6. The molecule has 5 nitrogen and oxygen atoms in total. The molecular weight excluding hydrogens is 350 g/mol. The van der Waals surface area contributed by atoms with Crippen LogP contribution in [-0.4, -0.2) is 22.2 Å². The van der Waals surface area contributed by atoms with Crippen LogP contribution in [0.3, 0.4) is 0 Å². The van der Waals surface area contributed by atoms with Gasteiger partial charge in [0.25, 0.3) is 11.5 Å². The van der Waals surface area contributed by atoms with Crippen molar-refractivity contribution in [2.75, 3.05) is 6.54 Å². The fourth-order valence-corrected chi connectivity index (χ4v) is 3.06. The van der Waals surface area contributed by atoms with E-state index >= 15 is 0 Å². The zero-order chi connectivity index (χ0) is 20.1. The summed E-state index contributed by atoms with van der Waals surface area (Å²) in [7, 11) is 0. The Bertz CT molecular complexity index is 1010. The zero-order valence-corrected chi connectivity index (χ0v) is 16.5. The lowest BCUT2D eigenvalue weighted by molar-refractivity contribution is 0.0947. The van der Waals surface area contributed by atoms with Gasteiger partial charge in [-0.05, 0) is 18.4 Å². The van der Waals surface area contributed by atoms with Gasteiger partial charge < -0.3 is 5.32 Å². The largest absolute Gasteiger partial charge is 0.352 e. The average Bonchev–Trinajstić information content (AvgIpc) is 2.72. The Hall–Kier alpha value is -3.21. The normalized spacial score (nSPS) is 10.9. The van der Waals surface area contributed by atoms with E-state index in [4.69, 9.17) is 0 Å². The Kier molecular flexibility index (Phi) is 6.04. The van der Waals surface area contributed by atoms with E-state index in [2.05, 4.69) is 10.4 Å². The third-order valence-electron chi connectivity index (χ3n) is 4.46. The number of nitrogens with one attached hydrogen (secondary N) is 1. The van der Waals surface area contributed by atoms with E-state index in [9.17, 15) is 9.59 Å². The smallest absolute Gasteiger partial charge is 0.280 e. The second kappa shape index (κ2) is 8.65. The van der Waals surface area contributed by atoms with Crippen molar-refractivity contribution < 1.29 is 4.79 Å². The molecule has 0 fully saturated rings. The van der Waals surface area contributed by atoms with Crippen molar-refractivity contribution in [2.24, 2.45) is 5.92 Å². The topological polar surface area (TPSA) is 64.0 Å². The van der Waals surface area contributed by atoms with Crippen LogP contribution in [0, 0.1) is 5.92 Å². The van der Waals surface area contributed by atoms with Crippen LogP contribution in [0.2, 0.25) is 0 Å². The molecule has 1 N–H and O–H groups in total. The highest BCUT2D eigenvalue weighted by atomic mass is 16.2. The molecule has 0 aliphatic carbocycles. The van der Waals surface area contributed by atoms with E-state index in [1.165, 1.54) is 4.68 Å². The van der Waals surface area contributed by atoms with Crippen molar-refractivity contribution in [3.05, 3.63) is 76.6 Å². The number of hydrogen-bond donors (Lipinski definition) is 1. The van der Waals surface area contributed by atoms with Gasteiger partial charge in [-0.15, -0.1) is 0 Å². The summed E-state index contributed by atoms with van der Waals surface area (Å²) in [6.45, 7) is 6.77. The Morgan fingerprint density at radius 3 is 2.11 bits per heavy atom. The molecule has 28 heavy (non-hydrogen) atoms. The Morgan fingerprint density at radius 1 is 1.00 bits per heavy atom. The van der Waals surface area contributed by atoms with Crippen LogP contribution in [0.15, 0.2) is 65.5 Å². The lowest BCUT2D eigenvalue weighted by Crippen LogP contribution is -2.36. The predicted molar refractivity (Wildman–Crippen MR) is 112 cm³/mol. The van der Waals surface area contributed by atoms with Gasteiger partial charge in [0.2, 0.25) is 0 Å². The van der Waals surface area contributed by atoms with Crippen molar-refractivity contribution in [1.29, 1.82) is 0 Å². The van der Waals surface area contributed by atoms with Crippen molar-refractivity contribution >= 4 is 5.91 Å². The van der Waals surface area contributed by atoms with Crippen molar-refractivity contribution in [3.63, 3.8) is 0 Å². The van der Waals surface area contributed by atoms with Gasteiger partial charge in [0.1, 0.15) is 5.56 Å². The summed E-state index contributed by atoms with van der Waals surface area (Å²) in [5, 5.41) is 7.50. The molecule has 0 unspecified atom stereocenters. The van der Waals surface area contributed by atoms with Gasteiger partial charge in [-0.2, -0.15) is 5.10 Å². The first kappa shape index (κ1) is 19.5. The summed E-state index contributed by atoms with van der Waals surface area (Å²) in [6.07, 6.45) is 0. The fourth-order valence-electron chi connectivity index (χ4n) is 3.06. The van der Waals surface area contributed by atoms with Gasteiger partial charge in [0.05, 0.1) is 5.69 Å². The van der Waals surface area contributed by atoms with Crippen LogP contribution in [-0.2, 0) is 6.54 Å². The Morgan fingerprint density at radius 2 is 1.57 bits per heavy atom. The lowest BCUT2D eigenvalue weighted by atomic mass is 9.95. The van der Waals surface area contributed by atoms with Crippen LogP contribution in [0.25, 0.3) is 22.4 Å². The third kappa shape index (κ3) is 4.03. The zero-order valence-electron chi connectivity index (χ0n) is 16.5. The molecule has 0 aliphatic heterocycles. The first-order valence-electron chi connectivity index (χ1n) is 9.57. The number of amides is 1. The van der Waals surface area contributed by atoms with Crippen molar-refractivity contribution in [1.82, 2.24) is 15.1 Å². The van der Waals surface area contributed by atoms with E-state index < -0.39 is 0 Å². The Labute approximate surface area is 165 Å². The van der Waals surface area contributed by atoms with Crippen LogP contribution in [0.1, 0.15) is 31.1 Å². The number of hydrogen-bond acceptors (Lipinski definition) is 3. The molecule has 0 aliphatic rings. The van der Waals surface area contributed by atoms with Crippen LogP contribution < -0.4 is 10.9 Å². The third-order valence-corrected chi connectivity index (χ3v) is 4.46. The minimum absolute atomic E-state index is 0.141. The van der Waals surface area contributed by atoms with E-state index in [1.807, 2.05) is 81.4 Å². The molecule has 5 heteroatoms. The summed E-state index contributed by atoms with van der Waals surface area (Å²) in [5.74, 6) is -0.0766. The minimum atomic E-state index is -0.373. The van der Waals surface area contributed by atoms with Gasteiger partial charge in [-0.1, -0.05) is 74.5 Å². The quantitative estimate of drug-likeness (QED) is 0.709. The van der Waals surface area contributed by atoms with Gasteiger partial charge in [0.15, 0.2) is 0 Å². The van der Waals surface area contributed by atoms with E-state index in [0.717, 1.165) is 11.1 Å². The molecule has 0 radical (unpaired) electrons. The first-order chi connectivity index (χ1) is 13.5. The maximum atomic E-state index is 13.1. The van der Waals surface area contributed by atoms with Gasteiger partial charge in [-0.25, -0.2) is 4.68 Å².